The van der Waals surface area contributed by atoms with Gasteiger partial charge in [-0.05, 0) is 0 Å². The topological polar surface area (TPSA) is 91.7 Å². The Bertz CT molecular complexity index is 341. The summed E-state index contributed by atoms with van der Waals surface area (Å²) in [6.07, 6.45) is 5.17. The average molecular weight is 196 g/mol. The van der Waals surface area contributed by atoms with Gasteiger partial charge in [-0.15, -0.1) is 0 Å². The van der Waals surface area contributed by atoms with E-state index >= 15 is 0 Å². The lowest BCUT2D eigenvalue weighted by atomic mass is 9.74. The molecule has 74 valence electrons. The van der Waals surface area contributed by atoms with Gasteiger partial charge >= 0.3 is 11.9 Å². The van der Waals surface area contributed by atoms with E-state index in [2.05, 4.69) is 0 Å². The maximum absolute atomic E-state index is 10.8. The number of carbonyl (C=O) groups is 3. The van der Waals surface area contributed by atoms with Gasteiger partial charge in [-0.3, -0.25) is 9.59 Å². The first kappa shape index (κ1) is 10.2. The van der Waals surface area contributed by atoms with Crippen molar-refractivity contribution in [3.05, 3.63) is 24.3 Å². The number of rotatable bonds is 3. The van der Waals surface area contributed by atoms with Crippen molar-refractivity contribution in [3.63, 3.8) is 0 Å². The largest absolute Gasteiger partial charge is 0.481 e. The summed E-state index contributed by atoms with van der Waals surface area (Å²) in [5.41, 5.74) is -1.97. The smallest absolute Gasteiger partial charge is 0.322 e. The predicted octanol–water partition coefficient (Wildman–Crippen LogP) is 0.0831. The van der Waals surface area contributed by atoms with E-state index in [0.29, 0.717) is 0 Å². The Hall–Kier alpha value is -1.91. The number of hydrogen-bond donors (Lipinski definition) is 2. The molecule has 0 aromatic rings. The third-order valence-electron chi connectivity index (χ3n) is 2.13. The summed E-state index contributed by atoms with van der Waals surface area (Å²) in [4.78, 5) is 32.3. The van der Waals surface area contributed by atoms with Crippen molar-refractivity contribution in [2.45, 2.75) is 0 Å². The Labute approximate surface area is 79.3 Å². The molecule has 2 atom stereocenters. The molecule has 0 aromatic carbocycles. The van der Waals surface area contributed by atoms with Crippen LogP contribution in [0, 0.1) is 11.3 Å². The fourth-order valence-electron chi connectivity index (χ4n) is 1.31. The fourth-order valence-corrected chi connectivity index (χ4v) is 1.31. The molecule has 2 unspecified atom stereocenters. The molecule has 0 fully saturated rings. The second-order valence-corrected chi connectivity index (χ2v) is 2.92. The van der Waals surface area contributed by atoms with Crippen molar-refractivity contribution < 1.29 is 24.6 Å². The van der Waals surface area contributed by atoms with E-state index in [1.165, 1.54) is 18.2 Å². The van der Waals surface area contributed by atoms with Crippen molar-refractivity contribution in [2.75, 3.05) is 0 Å². The molecular weight excluding hydrogens is 188 g/mol. The zero-order valence-corrected chi connectivity index (χ0v) is 7.08. The maximum atomic E-state index is 10.8. The van der Waals surface area contributed by atoms with E-state index in [1.54, 1.807) is 0 Å². The number of carbonyl (C=O) groups excluding carboxylic acids is 1. The van der Waals surface area contributed by atoms with E-state index in [0.717, 1.165) is 6.08 Å². The molecule has 2 N–H and O–H groups in total. The lowest BCUT2D eigenvalue weighted by Gasteiger charge is -2.25. The van der Waals surface area contributed by atoms with Gasteiger partial charge in [0.2, 0.25) is 0 Å². The Kier molecular flexibility index (Phi) is 2.51. The first-order chi connectivity index (χ1) is 6.54. The zero-order chi connectivity index (χ0) is 10.8. The van der Waals surface area contributed by atoms with Gasteiger partial charge in [0.1, 0.15) is 12.2 Å². The van der Waals surface area contributed by atoms with Crippen LogP contribution >= 0.6 is 0 Å². The molecule has 0 saturated heterocycles. The van der Waals surface area contributed by atoms with Gasteiger partial charge in [0.15, 0.2) is 5.41 Å². The molecule has 0 amide bonds. The van der Waals surface area contributed by atoms with Crippen molar-refractivity contribution in [1.82, 2.24) is 0 Å². The highest BCUT2D eigenvalue weighted by Gasteiger charge is 2.47. The Morgan fingerprint density at radius 1 is 1.29 bits per heavy atom. The van der Waals surface area contributed by atoms with E-state index in [1.807, 2.05) is 0 Å². The number of aliphatic carboxylic acids is 2. The fraction of sp³-hybridized carbons (Fsp3) is 0.222. The predicted molar refractivity (Wildman–Crippen MR) is 45.5 cm³/mol. The number of hydrogen-bond acceptors (Lipinski definition) is 3. The highest BCUT2D eigenvalue weighted by molar-refractivity contribution is 6.00. The SMILES string of the molecule is O=CC1(C(=O)O)C=CC=CC1C(=O)O. The summed E-state index contributed by atoms with van der Waals surface area (Å²) >= 11 is 0. The van der Waals surface area contributed by atoms with Gasteiger partial charge in [0.05, 0.1) is 0 Å². The normalized spacial score (nSPS) is 29.9. The van der Waals surface area contributed by atoms with Crippen molar-refractivity contribution in [1.29, 1.82) is 0 Å². The highest BCUT2D eigenvalue weighted by Crippen LogP contribution is 2.32. The van der Waals surface area contributed by atoms with E-state index < -0.39 is 23.3 Å². The lowest BCUT2D eigenvalue weighted by molar-refractivity contribution is -0.158. The van der Waals surface area contributed by atoms with Crippen LogP contribution in [0.25, 0.3) is 0 Å². The molecule has 5 heteroatoms. The monoisotopic (exact) mass is 196 g/mol. The summed E-state index contributed by atoms with van der Waals surface area (Å²) in [5.74, 6) is -4.14. The number of carboxylic acids is 2. The Balaban J connectivity index is 3.22. The molecule has 5 nitrogen and oxygen atoms in total. The molecule has 14 heavy (non-hydrogen) atoms. The van der Waals surface area contributed by atoms with Crippen LogP contribution in [0.2, 0.25) is 0 Å². The molecular formula is C9H8O5. The quantitative estimate of drug-likeness (QED) is 0.492. The first-order valence-corrected chi connectivity index (χ1v) is 3.83. The molecule has 0 saturated carbocycles. The lowest BCUT2D eigenvalue weighted by Crippen LogP contribution is -2.42. The number of allylic oxidation sites excluding steroid dienone is 2. The molecule has 1 aliphatic rings. The zero-order valence-electron chi connectivity index (χ0n) is 7.08. The average Bonchev–Trinajstić information content (AvgIpc) is 2.17. The van der Waals surface area contributed by atoms with Gasteiger partial charge in [-0.1, -0.05) is 24.3 Å². The standard InChI is InChI=1S/C9H8O5/c10-5-9(8(13)14)4-2-1-3-6(9)7(11)12/h1-6H,(H,11,12)(H,13,14). The Morgan fingerprint density at radius 2 is 1.93 bits per heavy atom. The van der Waals surface area contributed by atoms with Crippen LogP contribution < -0.4 is 0 Å². The second-order valence-electron chi connectivity index (χ2n) is 2.92. The molecule has 0 aromatic heterocycles. The molecule has 1 rings (SSSR count). The van der Waals surface area contributed by atoms with Crippen LogP contribution in [0.5, 0.6) is 0 Å². The number of carboxylic acid groups (broad SMARTS) is 2. The highest BCUT2D eigenvalue weighted by atomic mass is 16.4. The van der Waals surface area contributed by atoms with Crippen LogP contribution in [0.1, 0.15) is 0 Å². The summed E-state index contributed by atoms with van der Waals surface area (Å²) in [6, 6.07) is 0. The van der Waals surface area contributed by atoms with Gasteiger partial charge < -0.3 is 15.0 Å². The molecule has 0 spiro atoms. The summed E-state index contributed by atoms with van der Waals surface area (Å²) in [6.45, 7) is 0. The van der Waals surface area contributed by atoms with Crippen molar-refractivity contribution in [3.8, 4) is 0 Å². The molecule has 0 heterocycles. The first-order valence-electron chi connectivity index (χ1n) is 3.83. The van der Waals surface area contributed by atoms with Gasteiger partial charge in [0.25, 0.3) is 0 Å². The maximum Gasteiger partial charge on any atom is 0.322 e. The van der Waals surface area contributed by atoms with Crippen LogP contribution in [0.4, 0.5) is 0 Å². The summed E-state index contributed by atoms with van der Waals surface area (Å²) in [5, 5.41) is 17.6. The van der Waals surface area contributed by atoms with Gasteiger partial charge in [-0.25, -0.2) is 0 Å². The molecule has 0 bridgehead atoms. The third-order valence-corrected chi connectivity index (χ3v) is 2.13. The van der Waals surface area contributed by atoms with Crippen LogP contribution in [0.15, 0.2) is 24.3 Å². The molecule has 1 aliphatic carbocycles. The third kappa shape index (κ3) is 1.32. The van der Waals surface area contributed by atoms with E-state index in [-0.39, 0.29) is 6.29 Å². The number of aldehydes is 1. The minimum absolute atomic E-state index is 0.147. The molecule has 0 aliphatic heterocycles. The molecule has 0 radical (unpaired) electrons. The summed E-state index contributed by atoms with van der Waals surface area (Å²) in [7, 11) is 0. The van der Waals surface area contributed by atoms with Crippen LogP contribution in [0.3, 0.4) is 0 Å². The summed E-state index contributed by atoms with van der Waals surface area (Å²) < 4.78 is 0. The minimum atomic E-state index is -1.97. The second kappa shape index (κ2) is 3.45. The Morgan fingerprint density at radius 3 is 2.29 bits per heavy atom. The van der Waals surface area contributed by atoms with Gasteiger partial charge in [0, 0.05) is 0 Å². The van der Waals surface area contributed by atoms with Crippen molar-refractivity contribution in [2.24, 2.45) is 11.3 Å². The van der Waals surface area contributed by atoms with Crippen LogP contribution in [-0.4, -0.2) is 28.4 Å². The van der Waals surface area contributed by atoms with Crippen LogP contribution in [-0.2, 0) is 14.4 Å². The van der Waals surface area contributed by atoms with Gasteiger partial charge in [-0.2, -0.15) is 0 Å². The van der Waals surface area contributed by atoms with E-state index in [9.17, 15) is 14.4 Å². The van der Waals surface area contributed by atoms with Crippen molar-refractivity contribution >= 4 is 18.2 Å². The minimum Gasteiger partial charge on any atom is -0.481 e. The van der Waals surface area contributed by atoms with E-state index in [4.69, 9.17) is 10.2 Å².